The minimum Gasteiger partial charge on any atom is -0.449 e. The molecule has 1 rings (SSSR count). The van der Waals surface area contributed by atoms with E-state index in [4.69, 9.17) is 10.2 Å². The number of benzene rings is 1. The van der Waals surface area contributed by atoms with Crippen LogP contribution in [0.1, 0.15) is 0 Å². The van der Waals surface area contributed by atoms with E-state index in [2.05, 4.69) is 9.47 Å². The summed E-state index contributed by atoms with van der Waals surface area (Å²) < 4.78 is 6.47. The molecule has 0 spiro atoms. The van der Waals surface area contributed by atoms with Crippen molar-refractivity contribution in [3.8, 4) is 0 Å². The van der Waals surface area contributed by atoms with Gasteiger partial charge in [0.15, 0.2) is 0 Å². The molecule has 97 valence electrons. The van der Waals surface area contributed by atoms with Gasteiger partial charge in [-0.05, 0) is 0 Å². The van der Waals surface area contributed by atoms with Crippen molar-refractivity contribution in [2.24, 2.45) is 0 Å². The van der Waals surface area contributed by atoms with Crippen LogP contribution in [-0.2, 0) is 26.5 Å². The maximum absolute atomic E-state index is 9.86. The summed E-state index contributed by atoms with van der Waals surface area (Å²) in [6.45, 7) is 0. The number of carbonyl (C=O) groups is 3. The molecule has 1 aromatic rings. The third-order valence-electron chi connectivity index (χ3n) is 1.01. The van der Waals surface area contributed by atoms with Gasteiger partial charge in [-0.3, -0.25) is 0 Å². The molecular formula is C9H8CuO7. The number of ether oxygens (including phenoxy) is 2. The summed E-state index contributed by atoms with van der Waals surface area (Å²) in [7, 11) is 0. The van der Waals surface area contributed by atoms with Crippen LogP contribution in [0.15, 0.2) is 36.4 Å². The van der Waals surface area contributed by atoms with Crippen molar-refractivity contribution in [2.75, 3.05) is 0 Å². The number of hydrogen-bond donors (Lipinski definition) is 2. The van der Waals surface area contributed by atoms with Gasteiger partial charge >= 0.3 is 18.5 Å². The van der Waals surface area contributed by atoms with Crippen LogP contribution in [0.3, 0.4) is 0 Å². The Morgan fingerprint density at radius 2 is 0.941 bits per heavy atom. The normalized spacial score (nSPS) is 7.53. The van der Waals surface area contributed by atoms with Crippen molar-refractivity contribution in [3.63, 3.8) is 0 Å². The van der Waals surface area contributed by atoms with E-state index in [1.54, 1.807) is 0 Å². The molecular weight excluding hydrogens is 284 g/mol. The molecule has 0 aliphatic rings. The van der Waals surface area contributed by atoms with E-state index in [9.17, 15) is 14.4 Å². The summed E-state index contributed by atoms with van der Waals surface area (Å²) in [6.07, 6.45) is -5.64. The van der Waals surface area contributed by atoms with Crippen molar-refractivity contribution in [1.82, 2.24) is 0 Å². The first kappa shape index (κ1) is 17.3. The fourth-order valence-corrected chi connectivity index (χ4v) is 0.548. The Hall–Kier alpha value is -2.05. The molecule has 1 aromatic carbocycles. The van der Waals surface area contributed by atoms with E-state index in [1.807, 2.05) is 36.4 Å². The molecule has 2 N–H and O–H groups in total. The molecule has 0 bridgehead atoms. The third-order valence-corrected chi connectivity index (χ3v) is 1.01. The van der Waals surface area contributed by atoms with Gasteiger partial charge < -0.3 is 19.7 Å². The molecule has 0 unspecified atom stereocenters. The molecule has 17 heavy (non-hydrogen) atoms. The molecule has 0 heterocycles. The average molecular weight is 292 g/mol. The molecule has 1 radical (unpaired) electrons. The Bertz CT molecular complexity index is 307. The van der Waals surface area contributed by atoms with Gasteiger partial charge in [-0.2, -0.15) is 0 Å². The molecule has 0 aliphatic carbocycles. The quantitative estimate of drug-likeness (QED) is 0.428. The largest absolute Gasteiger partial charge is 0.528 e. The van der Waals surface area contributed by atoms with Gasteiger partial charge in [0, 0.05) is 17.1 Å². The zero-order valence-electron chi connectivity index (χ0n) is 8.20. The van der Waals surface area contributed by atoms with Crippen LogP contribution in [0.4, 0.5) is 14.4 Å². The van der Waals surface area contributed by atoms with Gasteiger partial charge in [-0.1, -0.05) is 36.4 Å². The average Bonchev–Trinajstić information content (AvgIpc) is 2.18. The number of carbonyl (C=O) groups excluding carboxylic acids is 1. The van der Waals surface area contributed by atoms with E-state index in [0.717, 1.165) is 0 Å². The Kier molecular flexibility index (Phi) is 10.7. The first-order valence-corrected chi connectivity index (χ1v) is 3.88. The molecule has 0 amide bonds. The molecule has 0 fully saturated rings. The minimum absolute atomic E-state index is 0. The van der Waals surface area contributed by atoms with Crippen LogP contribution in [0.25, 0.3) is 0 Å². The smallest absolute Gasteiger partial charge is 0.449 e. The summed E-state index contributed by atoms with van der Waals surface area (Å²) >= 11 is 0. The summed E-state index contributed by atoms with van der Waals surface area (Å²) in [5, 5.41) is 15.4. The Morgan fingerprint density at radius 1 is 0.706 bits per heavy atom. The van der Waals surface area contributed by atoms with E-state index in [0.29, 0.717) is 0 Å². The Balaban J connectivity index is 0. The Labute approximate surface area is 106 Å². The van der Waals surface area contributed by atoms with E-state index in [1.165, 1.54) is 0 Å². The van der Waals surface area contributed by atoms with Gasteiger partial charge in [0.25, 0.3) is 0 Å². The predicted octanol–water partition coefficient (Wildman–Crippen LogP) is 2.18. The van der Waals surface area contributed by atoms with Gasteiger partial charge in [0.1, 0.15) is 0 Å². The van der Waals surface area contributed by atoms with E-state index >= 15 is 0 Å². The molecule has 8 heteroatoms. The van der Waals surface area contributed by atoms with Gasteiger partial charge in [0.05, 0.1) is 0 Å². The second-order valence-electron chi connectivity index (χ2n) is 2.14. The van der Waals surface area contributed by atoms with Gasteiger partial charge in [-0.25, -0.2) is 14.4 Å². The van der Waals surface area contributed by atoms with Gasteiger partial charge in [0.2, 0.25) is 0 Å². The monoisotopic (exact) mass is 291 g/mol. The van der Waals surface area contributed by atoms with Crippen LogP contribution in [0, 0.1) is 0 Å². The second kappa shape index (κ2) is 10.5. The zero-order valence-corrected chi connectivity index (χ0v) is 9.14. The Morgan fingerprint density at radius 3 is 1.12 bits per heavy atom. The molecule has 0 aliphatic heterocycles. The zero-order chi connectivity index (χ0) is 12.4. The van der Waals surface area contributed by atoms with Crippen LogP contribution < -0.4 is 0 Å². The SMILES string of the molecule is O=C(O)OC(=O)OC(=O)O.[Cu].c1ccccc1. The fourth-order valence-electron chi connectivity index (χ4n) is 0.548. The first-order valence-electron chi connectivity index (χ1n) is 3.88. The van der Waals surface area contributed by atoms with Crippen LogP contribution in [-0.4, -0.2) is 28.7 Å². The van der Waals surface area contributed by atoms with Crippen molar-refractivity contribution >= 4 is 18.5 Å². The maximum Gasteiger partial charge on any atom is 0.528 e. The first-order chi connectivity index (χ1) is 7.52. The number of hydrogen-bond acceptors (Lipinski definition) is 5. The summed E-state index contributed by atoms with van der Waals surface area (Å²) in [5.74, 6) is 0. The van der Waals surface area contributed by atoms with Crippen molar-refractivity contribution in [3.05, 3.63) is 36.4 Å². The van der Waals surface area contributed by atoms with E-state index < -0.39 is 18.5 Å². The van der Waals surface area contributed by atoms with Crippen molar-refractivity contribution in [1.29, 1.82) is 0 Å². The molecule has 0 aromatic heterocycles. The van der Waals surface area contributed by atoms with Gasteiger partial charge in [-0.15, -0.1) is 0 Å². The minimum atomic E-state index is -1.92. The van der Waals surface area contributed by atoms with Crippen LogP contribution in [0.5, 0.6) is 0 Å². The topological polar surface area (TPSA) is 110 Å². The van der Waals surface area contributed by atoms with Crippen LogP contribution >= 0.6 is 0 Å². The van der Waals surface area contributed by atoms with E-state index in [-0.39, 0.29) is 17.1 Å². The summed E-state index contributed by atoms with van der Waals surface area (Å²) in [5.41, 5.74) is 0. The second-order valence-corrected chi connectivity index (χ2v) is 2.14. The summed E-state index contributed by atoms with van der Waals surface area (Å²) in [6, 6.07) is 12.0. The molecule has 7 nitrogen and oxygen atoms in total. The number of carboxylic acid groups (broad SMARTS) is 2. The van der Waals surface area contributed by atoms with Crippen molar-refractivity contribution in [2.45, 2.75) is 0 Å². The third kappa shape index (κ3) is 13.9. The number of rotatable bonds is 0. The fraction of sp³-hybridized carbons (Fsp3) is 0. The van der Waals surface area contributed by atoms with Crippen LogP contribution in [0.2, 0.25) is 0 Å². The maximum atomic E-state index is 9.86. The molecule has 0 saturated heterocycles. The summed E-state index contributed by atoms with van der Waals surface area (Å²) in [4.78, 5) is 28.8. The standard InChI is InChI=1S/C6H6.C3H2O7.Cu/c1-2-4-6-5-3-1;4-1(5)9-3(8)10-2(6)7;/h1-6H;(H,4,5)(H,6,7);. The molecule has 0 atom stereocenters. The van der Waals surface area contributed by atoms with Crippen molar-refractivity contribution < 1.29 is 51.1 Å². The predicted molar refractivity (Wildman–Crippen MR) is 50.1 cm³/mol. The molecule has 0 saturated carbocycles.